The number of benzene rings is 2. The van der Waals surface area contributed by atoms with Crippen LogP contribution in [0.4, 0.5) is 5.69 Å². The van der Waals surface area contributed by atoms with E-state index in [4.69, 9.17) is 4.74 Å². The number of ether oxygens (including phenoxy) is 1. The Bertz CT molecular complexity index is 1260. The number of hydrogen-bond donors (Lipinski definition) is 2. The zero-order valence-corrected chi connectivity index (χ0v) is 23.2. The average molecular weight is 546 g/mol. The van der Waals surface area contributed by atoms with E-state index in [0.717, 1.165) is 57.7 Å². The Hall–Kier alpha value is -3.43. The maximum absolute atomic E-state index is 12.7. The number of rotatable bonds is 6. The lowest BCUT2D eigenvalue weighted by atomic mass is 9.70. The number of imide groups is 1. The predicted molar refractivity (Wildman–Crippen MR) is 152 cm³/mol. The molecule has 1 spiro atoms. The number of amides is 3. The maximum Gasteiger partial charge on any atom is 0.265 e. The highest BCUT2D eigenvalue weighted by Gasteiger charge is 2.47. The topological polar surface area (TPSA) is 94.2 Å². The normalized spacial score (nSPS) is 23.9. The van der Waals surface area contributed by atoms with Crippen molar-refractivity contribution in [1.29, 1.82) is 0 Å². The van der Waals surface area contributed by atoms with E-state index in [9.17, 15) is 14.4 Å². The SMILES string of the molecule is COc1cccc(C(=O)NN2CCC(N3CC4(CCN(c5cccc(C6CCC(=O)NC6=O)c5)CC4)C3)CC2)c1. The van der Waals surface area contributed by atoms with Crippen molar-refractivity contribution in [2.75, 3.05) is 51.3 Å². The molecule has 2 aromatic carbocycles. The third-order valence-corrected chi connectivity index (χ3v) is 9.35. The number of nitrogens with one attached hydrogen (secondary N) is 2. The van der Waals surface area contributed by atoms with E-state index in [1.807, 2.05) is 30.3 Å². The van der Waals surface area contributed by atoms with Crippen LogP contribution in [0.25, 0.3) is 0 Å². The molecule has 2 aromatic rings. The summed E-state index contributed by atoms with van der Waals surface area (Å²) in [5, 5.41) is 4.53. The Balaban J connectivity index is 0.955. The molecule has 0 aliphatic carbocycles. The molecule has 4 aliphatic rings. The molecule has 0 saturated carbocycles. The number of piperidine rings is 3. The van der Waals surface area contributed by atoms with Gasteiger partial charge in [0.1, 0.15) is 5.75 Å². The minimum Gasteiger partial charge on any atom is -0.497 e. The molecule has 2 N–H and O–H groups in total. The van der Waals surface area contributed by atoms with Gasteiger partial charge in [-0.15, -0.1) is 0 Å². The molecule has 3 amide bonds. The summed E-state index contributed by atoms with van der Waals surface area (Å²) in [7, 11) is 1.61. The minimum absolute atomic E-state index is 0.0883. The van der Waals surface area contributed by atoms with Crippen LogP contribution in [0.15, 0.2) is 48.5 Å². The molecule has 0 radical (unpaired) electrons. The van der Waals surface area contributed by atoms with Crippen molar-refractivity contribution < 1.29 is 19.1 Å². The number of anilines is 1. The predicted octanol–water partition coefficient (Wildman–Crippen LogP) is 2.93. The number of carbonyl (C=O) groups is 3. The Morgan fingerprint density at radius 3 is 2.45 bits per heavy atom. The number of likely N-dealkylation sites (tertiary alicyclic amines) is 1. The third-order valence-electron chi connectivity index (χ3n) is 9.35. The van der Waals surface area contributed by atoms with Crippen LogP contribution in [0.3, 0.4) is 0 Å². The quantitative estimate of drug-likeness (QED) is 0.539. The molecular weight excluding hydrogens is 506 g/mol. The van der Waals surface area contributed by atoms with Gasteiger partial charge in [0.2, 0.25) is 11.8 Å². The lowest BCUT2D eigenvalue weighted by molar-refractivity contribution is -0.134. The molecule has 0 aromatic heterocycles. The fraction of sp³-hybridized carbons (Fsp3) is 0.516. The largest absolute Gasteiger partial charge is 0.497 e. The molecule has 9 heteroatoms. The summed E-state index contributed by atoms with van der Waals surface area (Å²) >= 11 is 0. The average Bonchev–Trinajstić information content (AvgIpc) is 2.96. The van der Waals surface area contributed by atoms with Gasteiger partial charge in [-0.1, -0.05) is 18.2 Å². The smallest absolute Gasteiger partial charge is 0.265 e. The molecule has 4 aliphatic heterocycles. The molecule has 9 nitrogen and oxygen atoms in total. The highest BCUT2D eigenvalue weighted by Crippen LogP contribution is 2.43. The second-order valence-corrected chi connectivity index (χ2v) is 11.9. The Labute approximate surface area is 235 Å². The molecule has 0 bridgehead atoms. The minimum atomic E-state index is -0.240. The van der Waals surface area contributed by atoms with Gasteiger partial charge >= 0.3 is 0 Å². The maximum atomic E-state index is 12.7. The van der Waals surface area contributed by atoms with Gasteiger partial charge in [-0.3, -0.25) is 30.0 Å². The first kappa shape index (κ1) is 26.8. The summed E-state index contributed by atoms with van der Waals surface area (Å²) in [5.74, 6) is 0.00975. The van der Waals surface area contributed by atoms with Gasteiger partial charge in [0, 0.05) is 63.0 Å². The molecule has 1 unspecified atom stereocenters. The molecule has 1 atom stereocenters. The molecule has 4 heterocycles. The third kappa shape index (κ3) is 5.58. The lowest BCUT2D eigenvalue weighted by Gasteiger charge is -2.57. The summed E-state index contributed by atoms with van der Waals surface area (Å²) in [6, 6.07) is 16.2. The number of methoxy groups -OCH3 is 1. The fourth-order valence-corrected chi connectivity index (χ4v) is 6.89. The van der Waals surface area contributed by atoms with Crippen LogP contribution in [-0.2, 0) is 9.59 Å². The van der Waals surface area contributed by atoms with Gasteiger partial charge in [0.25, 0.3) is 5.91 Å². The van der Waals surface area contributed by atoms with E-state index in [1.165, 1.54) is 18.5 Å². The van der Waals surface area contributed by atoms with Gasteiger partial charge in [0.05, 0.1) is 13.0 Å². The van der Waals surface area contributed by atoms with Crippen LogP contribution in [0.5, 0.6) is 5.75 Å². The van der Waals surface area contributed by atoms with Crippen molar-refractivity contribution in [3.05, 3.63) is 59.7 Å². The van der Waals surface area contributed by atoms with Crippen LogP contribution in [-0.4, -0.2) is 80.1 Å². The van der Waals surface area contributed by atoms with E-state index in [0.29, 0.717) is 35.6 Å². The Morgan fingerprint density at radius 2 is 1.73 bits per heavy atom. The summed E-state index contributed by atoms with van der Waals surface area (Å²) in [4.78, 5) is 41.7. The second kappa shape index (κ2) is 11.2. The highest BCUT2D eigenvalue weighted by molar-refractivity contribution is 6.01. The van der Waals surface area contributed by atoms with Crippen LogP contribution < -0.4 is 20.4 Å². The Kier molecular flexibility index (Phi) is 7.51. The zero-order chi connectivity index (χ0) is 27.7. The molecule has 40 heavy (non-hydrogen) atoms. The first-order valence-electron chi connectivity index (χ1n) is 14.5. The highest BCUT2D eigenvalue weighted by atomic mass is 16.5. The van der Waals surface area contributed by atoms with Crippen molar-refractivity contribution >= 4 is 23.4 Å². The van der Waals surface area contributed by atoms with Crippen molar-refractivity contribution in [2.24, 2.45) is 5.41 Å². The van der Waals surface area contributed by atoms with E-state index >= 15 is 0 Å². The zero-order valence-electron chi connectivity index (χ0n) is 23.2. The van der Waals surface area contributed by atoms with Crippen LogP contribution in [0, 0.1) is 5.41 Å². The summed E-state index contributed by atoms with van der Waals surface area (Å²) in [6.45, 7) is 6.11. The Morgan fingerprint density at radius 1 is 0.975 bits per heavy atom. The van der Waals surface area contributed by atoms with Gasteiger partial charge in [-0.05, 0) is 73.4 Å². The van der Waals surface area contributed by atoms with Gasteiger partial charge in [-0.2, -0.15) is 0 Å². The van der Waals surface area contributed by atoms with E-state index in [-0.39, 0.29) is 23.6 Å². The molecule has 6 rings (SSSR count). The monoisotopic (exact) mass is 545 g/mol. The van der Waals surface area contributed by atoms with Crippen molar-refractivity contribution in [3.8, 4) is 5.75 Å². The number of hydrazine groups is 1. The van der Waals surface area contributed by atoms with Crippen molar-refractivity contribution in [3.63, 3.8) is 0 Å². The standard InChI is InChI=1S/C31H39N5O4/c1-40-26-7-3-5-23(19-26)29(38)33-36-14-10-24(11-15-36)35-20-31(21-35)12-16-34(17-13-31)25-6-2-4-22(18-25)27-8-9-28(37)32-30(27)39/h2-7,18-19,24,27H,8-17,20-21H2,1H3,(H,33,38)(H,32,37,39). The van der Waals surface area contributed by atoms with Crippen LogP contribution in [0.1, 0.15) is 60.4 Å². The van der Waals surface area contributed by atoms with Gasteiger partial charge in [-0.25, -0.2) is 5.01 Å². The van der Waals surface area contributed by atoms with Gasteiger partial charge < -0.3 is 9.64 Å². The fourth-order valence-electron chi connectivity index (χ4n) is 6.89. The molecular formula is C31H39N5O4. The van der Waals surface area contributed by atoms with Gasteiger partial charge in [0.15, 0.2) is 0 Å². The number of nitrogens with zero attached hydrogens (tertiary/aromatic N) is 3. The van der Waals surface area contributed by atoms with E-state index in [2.05, 4.69) is 37.7 Å². The number of carbonyl (C=O) groups excluding carboxylic acids is 3. The molecule has 4 saturated heterocycles. The summed E-state index contributed by atoms with van der Waals surface area (Å²) < 4.78 is 5.24. The lowest BCUT2D eigenvalue weighted by Crippen LogP contribution is -2.64. The van der Waals surface area contributed by atoms with Crippen LogP contribution >= 0.6 is 0 Å². The van der Waals surface area contributed by atoms with Crippen molar-refractivity contribution in [1.82, 2.24) is 20.7 Å². The number of hydrogen-bond acceptors (Lipinski definition) is 7. The van der Waals surface area contributed by atoms with E-state index in [1.54, 1.807) is 13.2 Å². The molecule has 212 valence electrons. The summed E-state index contributed by atoms with van der Waals surface area (Å²) in [6.07, 6.45) is 5.48. The first-order chi connectivity index (χ1) is 19.4. The summed E-state index contributed by atoms with van der Waals surface area (Å²) in [5.41, 5.74) is 6.27. The van der Waals surface area contributed by atoms with Crippen molar-refractivity contribution in [2.45, 2.75) is 50.5 Å². The van der Waals surface area contributed by atoms with Crippen LogP contribution in [0.2, 0.25) is 0 Å². The molecule has 4 fully saturated rings. The van der Waals surface area contributed by atoms with E-state index < -0.39 is 0 Å². The second-order valence-electron chi connectivity index (χ2n) is 11.9. The first-order valence-corrected chi connectivity index (χ1v) is 14.5.